The summed E-state index contributed by atoms with van der Waals surface area (Å²) in [5.41, 5.74) is -3.66. The number of alkyl halides is 6. The molecule has 2 aromatic rings. The number of benzene rings is 1. The van der Waals surface area contributed by atoms with E-state index in [4.69, 9.17) is 18.9 Å². The van der Waals surface area contributed by atoms with Gasteiger partial charge in [0.1, 0.15) is 30.5 Å². The number of amides is 1. The summed E-state index contributed by atoms with van der Waals surface area (Å²) >= 11 is 0. The molecule has 0 radical (unpaired) electrons. The number of pyridine rings is 1. The molecule has 206 valence electrons. The molecule has 2 unspecified atom stereocenters. The number of likely N-dealkylation sites (tertiary alicyclic amines) is 1. The molecule has 0 N–H and O–H groups in total. The summed E-state index contributed by atoms with van der Waals surface area (Å²) in [6.45, 7) is -0.530. The lowest BCUT2D eigenvalue weighted by molar-refractivity contribution is -0.194. The second-order valence-electron chi connectivity index (χ2n) is 9.67. The van der Waals surface area contributed by atoms with Gasteiger partial charge in [0.2, 0.25) is 0 Å². The fourth-order valence-electron chi connectivity index (χ4n) is 4.84. The summed E-state index contributed by atoms with van der Waals surface area (Å²) in [7, 11) is 1.31. The number of nitrogens with zero attached hydrogens (tertiary/aromatic N) is 2. The Bertz CT molecular complexity index is 1220. The fourth-order valence-corrected chi connectivity index (χ4v) is 4.84. The van der Waals surface area contributed by atoms with Gasteiger partial charge in [-0.25, -0.2) is 0 Å². The zero-order chi connectivity index (χ0) is 27.3. The van der Waals surface area contributed by atoms with Crippen LogP contribution in [-0.2, 0) is 21.3 Å². The largest absolute Gasteiger partial charge is 0.493 e. The number of piperidine rings is 1. The Morgan fingerprint density at radius 3 is 2.53 bits per heavy atom. The maximum atomic E-state index is 13.3. The van der Waals surface area contributed by atoms with Gasteiger partial charge >= 0.3 is 12.4 Å². The monoisotopic (exact) mass is 546 g/mol. The highest BCUT2D eigenvalue weighted by atomic mass is 19.4. The zero-order valence-electron chi connectivity index (χ0n) is 20.2. The second-order valence-corrected chi connectivity index (χ2v) is 9.67. The van der Waals surface area contributed by atoms with Gasteiger partial charge in [-0.15, -0.1) is 0 Å². The minimum atomic E-state index is -4.55. The molecule has 1 saturated carbocycles. The number of hydrogen-bond acceptors (Lipinski definition) is 6. The lowest BCUT2D eigenvalue weighted by atomic mass is 9.84. The molecule has 0 bridgehead atoms. The number of ether oxygens (including phenoxy) is 4. The van der Waals surface area contributed by atoms with Gasteiger partial charge < -0.3 is 23.8 Å². The third kappa shape index (κ3) is 4.66. The summed E-state index contributed by atoms with van der Waals surface area (Å²) in [6, 6.07) is 6.00. The minimum Gasteiger partial charge on any atom is -0.493 e. The highest BCUT2D eigenvalue weighted by molar-refractivity contribution is 5.95. The van der Waals surface area contributed by atoms with Gasteiger partial charge in [0, 0.05) is 24.7 Å². The number of aromatic nitrogens is 1. The Morgan fingerprint density at radius 1 is 1.11 bits per heavy atom. The van der Waals surface area contributed by atoms with E-state index < -0.39 is 47.6 Å². The third-order valence-corrected chi connectivity index (χ3v) is 7.42. The maximum Gasteiger partial charge on any atom is 0.416 e. The van der Waals surface area contributed by atoms with E-state index in [1.54, 1.807) is 0 Å². The van der Waals surface area contributed by atoms with E-state index in [1.165, 1.54) is 30.2 Å². The van der Waals surface area contributed by atoms with Crippen molar-refractivity contribution in [3.8, 4) is 11.5 Å². The summed E-state index contributed by atoms with van der Waals surface area (Å²) in [6.07, 6.45) is -8.47. The van der Waals surface area contributed by atoms with E-state index in [-0.39, 0.29) is 61.9 Å². The first-order valence-electron chi connectivity index (χ1n) is 11.8. The minimum absolute atomic E-state index is 0.00515. The van der Waals surface area contributed by atoms with Crippen molar-refractivity contribution in [1.82, 2.24) is 9.88 Å². The molecule has 5 rings (SSSR count). The van der Waals surface area contributed by atoms with Gasteiger partial charge in [-0.05, 0) is 43.2 Å². The molecule has 3 heterocycles. The summed E-state index contributed by atoms with van der Waals surface area (Å²) in [4.78, 5) is 18.9. The molecule has 2 aliphatic heterocycles. The Kier molecular flexibility index (Phi) is 6.49. The van der Waals surface area contributed by atoms with Crippen LogP contribution >= 0.6 is 0 Å². The lowest BCUT2D eigenvalue weighted by Gasteiger charge is -2.41. The van der Waals surface area contributed by atoms with Crippen LogP contribution in [0.4, 0.5) is 26.3 Å². The number of carbonyl (C=O) groups is 1. The van der Waals surface area contributed by atoms with Crippen molar-refractivity contribution in [1.29, 1.82) is 0 Å². The number of methoxy groups -OCH3 is 1. The predicted octanol–water partition coefficient (Wildman–Crippen LogP) is 4.94. The van der Waals surface area contributed by atoms with Crippen molar-refractivity contribution in [3.63, 3.8) is 0 Å². The first-order valence-corrected chi connectivity index (χ1v) is 11.8. The number of rotatable bonds is 6. The molecule has 2 atom stereocenters. The van der Waals surface area contributed by atoms with Crippen LogP contribution < -0.4 is 9.47 Å². The second kappa shape index (κ2) is 9.30. The zero-order valence-corrected chi connectivity index (χ0v) is 20.2. The van der Waals surface area contributed by atoms with Crippen molar-refractivity contribution in [3.05, 3.63) is 53.3 Å². The highest BCUT2D eigenvalue weighted by Gasteiger charge is 2.64. The Labute approximate surface area is 213 Å². The number of fused-ring (bicyclic) bond motifs is 1. The van der Waals surface area contributed by atoms with E-state index in [2.05, 4.69) is 4.98 Å². The topological polar surface area (TPSA) is 70.1 Å². The molecule has 7 nitrogen and oxygen atoms in total. The Morgan fingerprint density at radius 2 is 1.87 bits per heavy atom. The van der Waals surface area contributed by atoms with Crippen molar-refractivity contribution in [2.45, 2.75) is 43.3 Å². The quantitative estimate of drug-likeness (QED) is 0.478. The molecule has 2 saturated heterocycles. The summed E-state index contributed by atoms with van der Waals surface area (Å²) < 4.78 is 102. The highest BCUT2D eigenvalue weighted by Crippen LogP contribution is 2.57. The molecule has 0 spiro atoms. The van der Waals surface area contributed by atoms with Crippen molar-refractivity contribution >= 4 is 5.91 Å². The van der Waals surface area contributed by atoms with Gasteiger partial charge in [0.15, 0.2) is 11.5 Å². The number of hydrogen-bond donors (Lipinski definition) is 0. The first kappa shape index (κ1) is 26.5. The van der Waals surface area contributed by atoms with Crippen LogP contribution in [0, 0.1) is 5.41 Å². The molecule has 1 aromatic carbocycles. The smallest absolute Gasteiger partial charge is 0.416 e. The van der Waals surface area contributed by atoms with Gasteiger partial charge in [0.05, 0.1) is 24.9 Å². The average molecular weight is 546 g/mol. The van der Waals surface area contributed by atoms with Crippen molar-refractivity contribution in [2.75, 3.05) is 33.6 Å². The van der Waals surface area contributed by atoms with Crippen LogP contribution in [-0.4, -0.2) is 61.7 Å². The third-order valence-electron chi connectivity index (χ3n) is 7.42. The molecule has 3 aliphatic rings. The molecule has 1 aromatic heterocycles. The molecular formula is C25H24F6N2O5. The van der Waals surface area contributed by atoms with Gasteiger partial charge in [-0.3, -0.25) is 9.78 Å². The van der Waals surface area contributed by atoms with Crippen LogP contribution in [0.25, 0.3) is 0 Å². The predicted molar refractivity (Wildman–Crippen MR) is 118 cm³/mol. The van der Waals surface area contributed by atoms with E-state index in [1.807, 2.05) is 0 Å². The van der Waals surface area contributed by atoms with Crippen LogP contribution in [0.1, 0.15) is 40.9 Å². The van der Waals surface area contributed by atoms with E-state index in [0.29, 0.717) is 0 Å². The van der Waals surface area contributed by atoms with Crippen LogP contribution in [0.3, 0.4) is 0 Å². The van der Waals surface area contributed by atoms with E-state index in [9.17, 15) is 31.1 Å². The molecule has 13 heteroatoms. The molecular weight excluding hydrogens is 522 g/mol. The maximum absolute atomic E-state index is 13.3. The summed E-state index contributed by atoms with van der Waals surface area (Å²) in [5.74, 6) is -0.223. The first-order chi connectivity index (χ1) is 17.9. The van der Waals surface area contributed by atoms with E-state index in [0.717, 1.165) is 18.3 Å². The fraction of sp³-hybridized carbons (Fsp3) is 0.520. The van der Waals surface area contributed by atoms with Crippen LogP contribution in [0.15, 0.2) is 36.5 Å². The van der Waals surface area contributed by atoms with E-state index >= 15 is 0 Å². The molecule has 38 heavy (non-hydrogen) atoms. The average Bonchev–Trinajstić information content (AvgIpc) is 3.57. The van der Waals surface area contributed by atoms with Crippen LogP contribution in [0.5, 0.6) is 11.5 Å². The lowest BCUT2D eigenvalue weighted by Crippen LogP contribution is -2.54. The van der Waals surface area contributed by atoms with Crippen LogP contribution in [0.2, 0.25) is 0 Å². The Balaban J connectivity index is 1.30. The molecule has 3 fully saturated rings. The van der Waals surface area contributed by atoms with Crippen molar-refractivity contribution < 1.29 is 50.1 Å². The van der Waals surface area contributed by atoms with Gasteiger partial charge in [0.25, 0.3) is 5.91 Å². The summed E-state index contributed by atoms with van der Waals surface area (Å²) in [5, 5.41) is 0. The normalized spacial score (nSPS) is 24.6. The van der Waals surface area contributed by atoms with Gasteiger partial charge in [-0.2, -0.15) is 26.3 Å². The Hall–Kier alpha value is -3.06. The van der Waals surface area contributed by atoms with Crippen molar-refractivity contribution in [2.24, 2.45) is 5.41 Å². The molecule has 1 amide bonds. The number of carbonyl (C=O) groups excluding carboxylic acids is 1. The molecule has 1 aliphatic carbocycles. The standard InChI is InChI=1S/C25H24F6N2O5/c1-35-18-10-15(2-3-17(18)36-13-22(5-6-22)25(29,30)31)21(34)33-9-7-23(20(12-33)37-14-38-23)19-11-16(4-8-32-19)24(26,27)28/h2-4,8,10-11,20H,5-7,9,12-14H2,1H3. The van der Waals surface area contributed by atoms with Gasteiger partial charge in [-0.1, -0.05) is 0 Å². The number of halogens is 6. The SMILES string of the molecule is COc1cc(C(=O)N2CCC3(c4cc(C(F)(F)F)ccn4)OCOC3C2)ccc1OCC1(C(F)(F)F)CC1.